The van der Waals surface area contributed by atoms with Crippen LogP contribution in [0.15, 0.2) is 299 Å². The van der Waals surface area contributed by atoms with Gasteiger partial charge in [-0.2, -0.15) is 0 Å². The number of Topliss-reactive ketones (excluding diaryl/α,β-unsaturated/α-hetero) is 1. The highest BCUT2D eigenvalue weighted by Gasteiger charge is 2.55. The number of hydrogen-bond donors (Lipinski definition) is 0. The molecule has 2 aliphatic carbocycles. The average Bonchev–Trinajstić information content (AvgIpc) is 0.723. The predicted molar refractivity (Wildman–Crippen MR) is 565 cm³/mol. The van der Waals surface area contributed by atoms with Crippen LogP contribution in [0, 0.1) is 41.5 Å². The van der Waals surface area contributed by atoms with E-state index >= 15 is 0 Å². The number of nitrogens with zero attached hydrogens (tertiary/aromatic N) is 14. The van der Waals surface area contributed by atoms with Crippen molar-refractivity contribution < 1.29 is 151 Å². The number of sulfone groups is 13. The van der Waals surface area contributed by atoms with Crippen molar-refractivity contribution in [3.05, 3.63) is 342 Å². The maximum atomic E-state index is 12.8. The van der Waals surface area contributed by atoms with Crippen molar-refractivity contribution in [3.63, 3.8) is 0 Å². The summed E-state index contributed by atoms with van der Waals surface area (Å²) in [5.74, 6) is -0.850. The highest BCUT2D eigenvalue weighted by Crippen LogP contribution is 2.34. The minimum atomic E-state index is -4.56. The monoisotopic (exact) mass is 2350 g/mol. The molecular weight excluding hydrogens is 2240 g/mol. The quantitative estimate of drug-likeness (QED) is 0.0340. The van der Waals surface area contributed by atoms with Gasteiger partial charge >= 0.3 is 31.3 Å². The molecule has 804 valence electrons. The fourth-order valence-corrected chi connectivity index (χ4v) is 37.6. The Bertz CT molecular complexity index is 8270. The molecule has 10 aromatic rings. The van der Waals surface area contributed by atoms with Gasteiger partial charge in [0.2, 0.25) is 0 Å². The first-order valence-electron chi connectivity index (χ1n) is 43.8. The fourth-order valence-electron chi connectivity index (χ4n) is 13.6. The molecule has 0 aliphatic heterocycles. The van der Waals surface area contributed by atoms with Crippen LogP contribution < -0.4 is 0 Å². The smallest absolute Gasteiger partial charge is 0.360 e. The summed E-state index contributed by atoms with van der Waals surface area (Å²) in [6.07, 6.45) is 6.79. The molecule has 0 heterocycles. The largest absolute Gasteiger partial charge is 0.504 e. The molecule has 0 radical (unpaired) electrons. The summed E-state index contributed by atoms with van der Waals surface area (Å²) in [6, 6.07) is 58.6. The minimum Gasteiger partial charge on any atom is -0.360 e. The van der Waals surface area contributed by atoms with Crippen molar-refractivity contribution in [2.45, 2.75) is 211 Å². The summed E-state index contributed by atoms with van der Waals surface area (Å²) >= 11 is 11.3. The zero-order chi connectivity index (χ0) is 113. The third-order valence-corrected chi connectivity index (χ3v) is 51.8. The lowest BCUT2D eigenvalue weighted by molar-refractivity contribution is -0.00163. The first-order valence-corrected chi connectivity index (χ1v) is 64.0. The van der Waals surface area contributed by atoms with Crippen molar-refractivity contribution >= 4 is 188 Å². The van der Waals surface area contributed by atoms with Crippen molar-refractivity contribution in [3.8, 4) is 0 Å². The number of rotatable bonds is 13. The number of carbonyl (C=O) groups excluding carboxylic acids is 1. The van der Waals surface area contributed by atoms with Crippen molar-refractivity contribution in [2.75, 3.05) is 0 Å². The van der Waals surface area contributed by atoms with Crippen LogP contribution in [0.2, 0.25) is 10.0 Å². The molecule has 0 aromatic heterocycles. The van der Waals surface area contributed by atoms with Crippen LogP contribution in [0.1, 0.15) is 152 Å². The number of ketones is 1. The van der Waals surface area contributed by atoms with E-state index in [0.717, 1.165) is 85.0 Å². The van der Waals surface area contributed by atoms with E-state index in [2.05, 4.69) is 33.5 Å². The Labute approximate surface area is 884 Å². The third kappa shape index (κ3) is 30.1. The summed E-state index contributed by atoms with van der Waals surface area (Å²) in [5.41, 5.74) is 67.2. The highest BCUT2D eigenvalue weighted by molar-refractivity contribution is 8.34. The number of benzene rings is 10. The second kappa shape index (κ2) is 51.5. The second-order valence-electron chi connectivity index (χ2n) is 34.7. The Morgan fingerprint density at radius 3 is 0.713 bits per heavy atom. The summed E-state index contributed by atoms with van der Waals surface area (Å²) in [6.45, 7) is 18.2. The van der Waals surface area contributed by atoms with Gasteiger partial charge < -0.3 is 38.7 Å². The van der Waals surface area contributed by atoms with Crippen LogP contribution in [-0.4, -0.2) is 200 Å². The molecule has 56 heteroatoms. The molecule has 41 nitrogen and oxygen atoms in total. The SMILES string of the molecule is CC(C)(C)S(=O)(=O)C(=[N+]=[N-])S(=O)(=O)C(C)(C)C.Cc1ccc(S(=O)(=O)C(=[N+]=[N-])S(=O)(=O)c2ccc(C)cc2)cc1.Cc1ccc(S(=O)(=O)C(=[N+]=[N-])S(=O)(=O)c2ccc(C)cc2C)c(C)c1.[HH].[HH].[N-]=[N+]=C(C(=O)c1ccccc1)S(=O)(=O)c1ccccc1.[N-]=[N+]=C(S(=O)(=O)C1CCCCC1)S(=O)(=O)C1CCCCC1.[N-]=[N+]=C(S(=O)(=O)c1ccc(Cl)cc1)S(=O)(=O)c1ccc(Cl)cc1.[N-]=[N+]=C(S(=O)(=O)c1ccccc1)S(=O)(=O)c1ccccc1. The maximum Gasteiger partial charge on any atom is 0.504 e. The van der Waals surface area contributed by atoms with E-state index in [1.54, 1.807) is 102 Å². The van der Waals surface area contributed by atoms with Gasteiger partial charge in [-0.25, -0.2) is 109 Å². The van der Waals surface area contributed by atoms with Crippen LogP contribution in [0.5, 0.6) is 0 Å². The Hall–Kier alpha value is -12.5. The van der Waals surface area contributed by atoms with E-state index in [1.807, 2.05) is 0 Å². The molecule has 2 aliphatic rings. The molecular formula is C94H104Cl2N14O27S13. The van der Waals surface area contributed by atoms with Gasteiger partial charge in [-0.3, -0.25) is 4.79 Å². The summed E-state index contributed by atoms with van der Waals surface area (Å²) in [4.78, 5) is 28.0. The summed E-state index contributed by atoms with van der Waals surface area (Å²) in [5, 5.41) is -1.81. The number of carbonyl (C=O) groups is 1. The molecule has 0 amide bonds. The van der Waals surface area contributed by atoms with Gasteiger partial charge in [0.1, 0.15) is 0 Å². The normalized spacial score (nSPS) is 13.4. The zero-order valence-corrected chi connectivity index (χ0v) is 93.9. The van der Waals surface area contributed by atoms with Crippen LogP contribution in [0.25, 0.3) is 38.7 Å². The van der Waals surface area contributed by atoms with E-state index in [4.69, 9.17) is 56.4 Å². The minimum absolute atomic E-state index is 0. The van der Waals surface area contributed by atoms with Crippen molar-refractivity contribution in [1.29, 1.82) is 0 Å². The Kier molecular flexibility index (Phi) is 43.3. The van der Waals surface area contributed by atoms with Gasteiger partial charge in [-0.15, -0.1) is 33.5 Å². The molecule has 12 rings (SSSR count). The van der Waals surface area contributed by atoms with E-state index in [9.17, 15) is 120 Å². The Morgan fingerprint density at radius 1 is 0.260 bits per heavy atom. The Balaban J connectivity index is 0.000000369. The van der Waals surface area contributed by atoms with Crippen LogP contribution in [0.4, 0.5) is 0 Å². The van der Waals surface area contributed by atoms with Gasteiger partial charge in [0.25, 0.3) is 134 Å². The topological polar surface area (TPSA) is 716 Å². The summed E-state index contributed by atoms with van der Waals surface area (Å²) < 4.78 is 313. The van der Waals surface area contributed by atoms with Gasteiger partial charge in [0, 0.05) is 18.5 Å². The zero-order valence-electron chi connectivity index (χ0n) is 81.8. The van der Waals surface area contributed by atoms with Gasteiger partial charge in [0.05, 0.1) is 64.1 Å². The molecule has 0 saturated heterocycles. The second-order valence-corrected chi connectivity index (χ2v) is 63.3. The van der Waals surface area contributed by atoms with Crippen LogP contribution in [-0.2, 0) is 128 Å². The molecule has 0 atom stereocenters. The lowest BCUT2D eigenvalue weighted by Gasteiger charge is -2.22. The van der Waals surface area contributed by atoms with E-state index < -0.39 is 185 Å². The summed E-state index contributed by atoms with van der Waals surface area (Å²) in [7, 11) is -56.7. The molecule has 0 unspecified atom stereocenters. The maximum absolute atomic E-state index is 12.8. The molecule has 0 bridgehead atoms. The number of aryl methyl sites for hydroxylation is 6. The molecule has 2 fully saturated rings. The molecule has 0 N–H and O–H groups in total. The molecule has 10 aromatic carbocycles. The van der Waals surface area contributed by atoms with Crippen LogP contribution in [0.3, 0.4) is 0 Å². The number of hydrogen-bond acceptors (Lipinski definition) is 27. The van der Waals surface area contributed by atoms with Crippen LogP contribution >= 0.6 is 23.2 Å². The lowest BCUT2D eigenvalue weighted by atomic mass is 10.0. The van der Waals surface area contributed by atoms with E-state index in [0.29, 0.717) is 36.8 Å². The predicted octanol–water partition coefficient (Wildman–Crippen LogP) is 14.8. The molecule has 150 heavy (non-hydrogen) atoms. The standard InChI is InChI=1S/C17H18N2O4S2.C15H14N2O4S2.C14H10N2O3S.C13H8Cl2N2O4S2.C13H22N2O4S2.C13H10N2O4S2.C9H18N2O4S2.2H2/c1-11-5-7-15(13(3)9-11)24(20,21)17(19-18)25(22,23)16-8-6-12(2)10-14(16)4;1-11-3-7-13(8-4-11)22(18,19)15(17-16)23(20,21)14-9-5-12(2)6-10-14;15-16-14(13(17)11-7-3-1-4-8-11)20(18,19)12-9-5-2-6-10-12;14-9-1-5-11(6-2-9)22(18,19)13(17-16)23(20,21)12-7-3-10(15)4-8-12;2*14-15-13(20(16,17)11-7-3-1-4-8-11)21(18,19)12-9-5-2-6-10-12;1-8(2,3)16(12,13)7(11-10)17(14,15)9(4,5)6;;/h5-10H,1-4H3;3-10H,1-2H3;1-10H;1-8H;11-12H,1-10H2;1-10H;1-6H3;2*1H. The average molecular weight is 2350 g/mol. The fraction of sp³-hybridized carbons (Fsp3) is 0.277. The Morgan fingerprint density at radius 2 is 0.480 bits per heavy atom. The number of halogens is 2. The lowest BCUT2D eigenvalue weighted by Crippen LogP contribution is -2.45. The third-order valence-electron chi connectivity index (χ3n) is 21.8. The van der Waals surface area contributed by atoms with E-state index in [1.165, 1.54) is 211 Å². The van der Waals surface area contributed by atoms with Gasteiger partial charge in [0.15, 0.2) is 0 Å². The first kappa shape index (κ1) is 126. The van der Waals surface area contributed by atoms with Crippen molar-refractivity contribution in [1.82, 2.24) is 0 Å². The molecule has 0 spiro atoms. The van der Waals surface area contributed by atoms with E-state index in [-0.39, 0.29) is 62.5 Å². The van der Waals surface area contributed by atoms with Gasteiger partial charge in [-0.1, -0.05) is 217 Å². The highest BCUT2D eigenvalue weighted by atomic mass is 35.5. The molecule has 2 saturated carbocycles. The first-order chi connectivity index (χ1) is 69.5. The van der Waals surface area contributed by atoms with Crippen molar-refractivity contribution in [2.24, 2.45) is 0 Å². The van der Waals surface area contributed by atoms with Gasteiger partial charge in [-0.05, 0) is 241 Å².